The van der Waals surface area contributed by atoms with Crippen molar-refractivity contribution in [1.82, 2.24) is 9.88 Å². The number of benzene rings is 2. The van der Waals surface area contributed by atoms with Gasteiger partial charge in [0, 0.05) is 42.4 Å². The van der Waals surface area contributed by atoms with Crippen LogP contribution in [0, 0.1) is 6.92 Å². The Morgan fingerprint density at radius 3 is 2.12 bits per heavy atom. The molecule has 2 aromatic carbocycles. The van der Waals surface area contributed by atoms with Crippen LogP contribution in [0.15, 0.2) is 60.8 Å². The normalized spacial score (nSPS) is 16.9. The molecule has 5 nitrogen and oxygen atoms in total. The quantitative estimate of drug-likeness (QED) is 0.578. The second-order valence-corrected chi connectivity index (χ2v) is 8.33. The Balaban J connectivity index is 0.000000618. The number of aromatic nitrogens is 1. The molecule has 2 atom stereocenters. The fraction of sp³-hybridized carbons (Fsp3) is 0.333. The van der Waals surface area contributed by atoms with Crippen molar-refractivity contribution in [3.05, 3.63) is 66.4 Å². The Labute approximate surface area is 206 Å². The third-order valence-electron chi connectivity index (χ3n) is 5.41. The van der Waals surface area contributed by atoms with E-state index in [0.29, 0.717) is 0 Å². The Bertz CT molecular complexity index is 1060. The van der Waals surface area contributed by atoms with Gasteiger partial charge in [-0.15, -0.1) is 0 Å². The zero-order valence-corrected chi connectivity index (χ0v) is 20.9. The zero-order valence-electron chi connectivity index (χ0n) is 20.9. The van der Waals surface area contributed by atoms with Crippen LogP contribution < -0.4 is 10.2 Å². The molecule has 0 saturated carbocycles. The molecule has 4 rings (SSSR count). The van der Waals surface area contributed by atoms with Crippen molar-refractivity contribution >= 4 is 55.2 Å². The van der Waals surface area contributed by atoms with Gasteiger partial charge in [-0.2, -0.15) is 0 Å². The summed E-state index contributed by atoms with van der Waals surface area (Å²) in [5, 5.41) is 5.38. The Morgan fingerprint density at radius 2 is 1.53 bits per heavy atom. The molecule has 3 aromatic rings. The minimum absolute atomic E-state index is 0.0469. The second-order valence-electron chi connectivity index (χ2n) is 8.33. The summed E-state index contributed by atoms with van der Waals surface area (Å²) in [5.74, 6) is 4.00. The van der Waals surface area contributed by atoms with E-state index in [-0.39, 0.29) is 18.1 Å². The molecule has 1 aliphatic heterocycles. The number of amides is 2. The first kappa shape index (κ1) is 27.0. The van der Waals surface area contributed by atoms with E-state index in [1.165, 1.54) is 22.9 Å². The van der Waals surface area contributed by atoms with E-state index in [1.807, 2.05) is 60.5 Å². The number of fused-ring (bicyclic) bond motifs is 1. The van der Waals surface area contributed by atoms with Gasteiger partial charge in [-0.25, -0.2) is 9.78 Å². The van der Waals surface area contributed by atoms with Crippen LogP contribution in [0.5, 0.6) is 0 Å². The van der Waals surface area contributed by atoms with Crippen molar-refractivity contribution < 1.29 is 4.79 Å². The third-order valence-corrected chi connectivity index (χ3v) is 5.41. The first-order valence-electron chi connectivity index (χ1n) is 11.6. The number of pyridine rings is 1. The summed E-state index contributed by atoms with van der Waals surface area (Å²) < 4.78 is 0. The van der Waals surface area contributed by atoms with Crippen LogP contribution in [-0.2, 0) is 0 Å². The molecular formula is C27H34B2N4O. The fourth-order valence-electron chi connectivity index (χ4n) is 4.08. The Kier molecular flexibility index (Phi) is 10.7. The van der Waals surface area contributed by atoms with E-state index in [0.717, 1.165) is 30.0 Å². The van der Waals surface area contributed by atoms with Gasteiger partial charge in [0.2, 0.25) is 0 Å². The summed E-state index contributed by atoms with van der Waals surface area (Å²) in [4.78, 5) is 21.8. The standard InChI is InChI=1S/C23H26N4O.2C2H4B/c1-16-8-10-20(11-9-16)25-23(28)27-17(2)14-26(15-18(27)3)22-21-7-5-4-6-19(21)12-13-24-22;2*1-2-3/h4-13,17-18H,14-15H2,1-3H3,(H,25,28);2*2H,1H3. The summed E-state index contributed by atoms with van der Waals surface area (Å²) in [6.07, 6.45) is 1.86. The molecule has 7 heteroatoms. The number of piperazine rings is 1. The number of carbonyl (C=O) groups excluding carboxylic acids is 1. The van der Waals surface area contributed by atoms with Crippen LogP contribution in [-0.4, -0.2) is 68.0 Å². The van der Waals surface area contributed by atoms with Crippen LogP contribution >= 0.6 is 0 Å². The third kappa shape index (κ3) is 7.14. The zero-order chi connectivity index (χ0) is 25.1. The monoisotopic (exact) mass is 452 g/mol. The number of nitrogens with one attached hydrogen (secondary N) is 1. The second kappa shape index (κ2) is 13.5. The maximum atomic E-state index is 12.9. The van der Waals surface area contributed by atoms with Crippen LogP contribution in [0.25, 0.3) is 10.8 Å². The van der Waals surface area contributed by atoms with Gasteiger partial charge in [-0.1, -0.05) is 42.0 Å². The summed E-state index contributed by atoms with van der Waals surface area (Å²) in [6, 6.07) is 18.4. The van der Waals surface area contributed by atoms with Gasteiger partial charge < -0.3 is 15.1 Å². The van der Waals surface area contributed by atoms with Gasteiger partial charge in [0.05, 0.1) is 0 Å². The van der Waals surface area contributed by atoms with Crippen molar-refractivity contribution in [2.24, 2.45) is 0 Å². The molecule has 0 aliphatic carbocycles. The molecule has 174 valence electrons. The predicted octanol–water partition coefficient (Wildman–Crippen LogP) is 4.63. The summed E-state index contributed by atoms with van der Waals surface area (Å²) in [7, 11) is 9.44. The van der Waals surface area contributed by atoms with Crippen molar-refractivity contribution in [1.29, 1.82) is 0 Å². The van der Waals surface area contributed by atoms with Gasteiger partial charge in [0.15, 0.2) is 0 Å². The van der Waals surface area contributed by atoms with Crippen LogP contribution in [0.3, 0.4) is 0 Å². The molecule has 0 bridgehead atoms. The molecule has 0 spiro atoms. The van der Waals surface area contributed by atoms with Gasteiger partial charge >= 0.3 is 46.8 Å². The van der Waals surface area contributed by atoms with Crippen molar-refractivity contribution in [2.45, 2.75) is 46.7 Å². The summed E-state index contributed by atoms with van der Waals surface area (Å²) in [6.45, 7) is 11.3. The first-order chi connectivity index (χ1) is 16.4. The molecule has 2 heterocycles. The Hall–Kier alpha value is -3.21. The van der Waals surface area contributed by atoms with E-state index in [4.69, 9.17) is 15.0 Å². The minimum atomic E-state index is -0.0469. The molecule has 1 saturated heterocycles. The number of hydrogen-bond donors (Lipinski definition) is 1. The number of hydrogen-bond acceptors (Lipinski definition) is 3. The number of aryl methyl sites for hydroxylation is 1. The average molecular weight is 452 g/mol. The molecule has 2 unspecified atom stereocenters. The number of anilines is 2. The van der Waals surface area contributed by atoms with Crippen molar-refractivity contribution in [3.63, 3.8) is 0 Å². The van der Waals surface area contributed by atoms with E-state index < -0.39 is 0 Å². The number of urea groups is 1. The van der Waals surface area contributed by atoms with E-state index in [2.05, 4.69) is 41.2 Å². The molecule has 1 aromatic heterocycles. The van der Waals surface area contributed by atoms with Crippen LogP contribution in [0.1, 0.15) is 33.3 Å². The fourth-order valence-corrected chi connectivity index (χ4v) is 4.08. The molecule has 2 radical (unpaired) electrons. The molecule has 1 fully saturated rings. The topological polar surface area (TPSA) is 48.5 Å². The van der Waals surface area contributed by atoms with Gasteiger partial charge in [-0.05, 0) is 44.4 Å². The molecular weight excluding hydrogens is 418 g/mol. The van der Waals surface area contributed by atoms with Crippen molar-refractivity contribution in [2.75, 3.05) is 23.3 Å². The number of rotatable bonds is 2. The van der Waals surface area contributed by atoms with Gasteiger partial charge in [-0.3, -0.25) is 0 Å². The van der Waals surface area contributed by atoms with Crippen molar-refractivity contribution in [3.8, 4) is 0 Å². The van der Waals surface area contributed by atoms with E-state index in [1.54, 1.807) is 13.8 Å². The maximum absolute atomic E-state index is 12.9. The SMILES string of the molecule is Cc1ccc(NC(=O)N2C(C)CN(c3nccc4ccccc34)CC2C)cc1.[B]=CC.[B]=CC. The number of nitrogens with zero attached hydrogens (tertiary/aromatic N) is 3. The first-order valence-corrected chi connectivity index (χ1v) is 11.6. The molecule has 2 amide bonds. The summed E-state index contributed by atoms with van der Waals surface area (Å²) in [5.41, 5.74) is 2.00. The average Bonchev–Trinajstić information content (AvgIpc) is 2.81. The van der Waals surface area contributed by atoms with Crippen LogP contribution in [0.2, 0.25) is 0 Å². The summed E-state index contributed by atoms with van der Waals surface area (Å²) >= 11 is 0. The van der Waals surface area contributed by atoms with E-state index in [9.17, 15) is 4.79 Å². The molecule has 1 aliphatic rings. The predicted molar refractivity (Wildman–Crippen MR) is 150 cm³/mol. The Morgan fingerprint density at radius 1 is 0.971 bits per heavy atom. The molecule has 1 N–H and O–H groups in total. The molecule has 34 heavy (non-hydrogen) atoms. The number of carbonyl (C=O) groups is 1. The van der Waals surface area contributed by atoms with E-state index >= 15 is 0 Å². The van der Waals surface area contributed by atoms with Gasteiger partial charge in [0.1, 0.15) is 5.82 Å². The van der Waals surface area contributed by atoms with Crippen LogP contribution in [0.4, 0.5) is 16.3 Å². The van der Waals surface area contributed by atoms with Gasteiger partial charge in [0.25, 0.3) is 0 Å².